The molecular weight excluding hydrogens is 344 g/mol. The van der Waals surface area contributed by atoms with Crippen molar-refractivity contribution in [3.05, 3.63) is 34.9 Å². The summed E-state index contributed by atoms with van der Waals surface area (Å²) in [5.41, 5.74) is 8.80. The largest absolute Gasteiger partial charge is 0.330 e. The van der Waals surface area contributed by atoms with Crippen LogP contribution in [-0.2, 0) is 22.7 Å². The summed E-state index contributed by atoms with van der Waals surface area (Å²) in [6.07, 6.45) is 3.00. The van der Waals surface area contributed by atoms with E-state index in [4.69, 9.17) is 5.73 Å². The first-order valence-electron chi connectivity index (χ1n) is 9.56. The van der Waals surface area contributed by atoms with Gasteiger partial charge in [-0.3, -0.25) is 19.7 Å². The monoisotopic (exact) mass is 370 g/mol. The van der Waals surface area contributed by atoms with Crippen LogP contribution < -0.4 is 11.1 Å². The Bertz CT molecular complexity index is 802. The van der Waals surface area contributed by atoms with Gasteiger partial charge < -0.3 is 15.5 Å². The second kappa shape index (κ2) is 6.73. The second-order valence-electron chi connectivity index (χ2n) is 8.23. The molecule has 3 aliphatic rings. The number of carbonyl (C=O) groups is 3. The van der Waals surface area contributed by atoms with E-state index in [0.717, 1.165) is 17.7 Å². The van der Waals surface area contributed by atoms with Gasteiger partial charge in [-0.15, -0.1) is 0 Å². The van der Waals surface area contributed by atoms with E-state index in [1.54, 1.807) is 4.90 Å². The van der Waals surface area contributed by atoms with E-state index in [9.17, 15) is 14.4 Å². The summed E-state index contributed by atoms with van der Waals surface area (Å²) >= 11 is 0. The van der Waals surface area contributed by atoms with Crippen molar-refractivity contribution in [2.24, 2.45) is 11.1 Å². The van der Waals surface area contributed by atoms with E-state index in [1.165, 1.54) is 12.8 Å². The fourth-order valence-corrected chi connectivity index (χ4v) is 4.34. The number of nitrogens with zero attached hydrogens (tertiary/aromatic N) is 2. The molecule has 27 heavy (non-hydrogen) atoms. The van der Waals surface area contributed by atoms with Crippen LogP contribution in [0.15, 0.2) is 18.2 Å². The van der Waals surface area contributed by atoms with Crippen LogP contribution >= 0.6 is 0 Å². The average molecular weight is 370 g/mol. The average Bonchev–Trinajstić information content (AvgIpc) is 3.31. The minimum atomic E-state index is -0.569. The predicted octanol–water partition coefficient (Wildman–Crippen LogP) is 0.618. The van der Waals surface area contributed by atoms with E-state index in [2.05, 4.69) is 17.3 Å². The molecule has 1 saturated heterocycles. The third-order valence-electron chi connectivity index (χ3n) is 6.07. The highest BCUT2D eigenvalue weighted by Crippen LogP contribution is 2.45. The number of amides is 3. The van der Waals surface area contributed by atoms with Gasteiger partial charge in [-0.2, -0.15) is 0 Å². The van der Waals surface area contributed by atoms with Crippen molar-refractivity contribution in [3.8, 4) is 0 Å². The summed E-state index contributed by atoms with van der Waals surface area (Å²) < 4.78 is 0. The topological polar surface area (TPSA) is 95.7 Å². The third-order valence-corrected chi connectivity index (χ3v) is 6.07. The molecule has 1 aromatic carbocycles. The Morgan fingerprint density at radius 3 is 2.74 bits per heavy atom. The van der Waals surface area contributed by atoms with Crippen LogP contribution in [0.5, 0.6) is 0 Å². The minimum Gasteiger partial charge on any atom is -0.330 e. The van der Waals surface area contributed by atoms with Gasteiger partial charge in [-0.1, -0.05) is 18.2 Å². The van der Waals surface area contributed by atoms with Gasteiger partial charge in [0.2, 0.25) is 11.8 Å². The first kappa shape index (κ1) is 18.1. The number of fused-ring (bicyclic) bond motifs is 1. The molecule has 0 radical (unpaired) electrons. The minimum absolute atomic E-state index is 0.108. The molecule has 3 N–H and O–H groups in total. The lowest BCUT2D eigenvalue weighted by atomic mass is 10.0. The number of benzene rings is 1. The fraction of sp³-hybridized carbons (Fsp3) is 0.550. The van der Waals surface area contributed by atoms with Gasteiger partial charge in [0.05, 0.1) is 0 Å². The van der Waals surface area contributed by atoms with Crippen LogP contribution in [0.4, 0.5) is 0 Å². The molecule has 0 spiro atoms. The van der Waals surface area contributed by atoms with Crippen molar-refractivity contribution < 1.29 is 14.4 Å². The molecule has 1 aliphatic carbocycles. The number of nitrogens with one attached hydrogen (secondary N) is 1. The maximum Gasteiger partial charge on any atom is 0.255 e. The molecule has 3 amide bonds. The zero-order valence-electron chi connectivity index (χ0n) is 15.7. The highest BCUT2D eigenvalue weighted by molar-refractivity contribution is 6.05. The van der Waals surface area contributed by atoms with Crippen LogP contribution in [0.2, 0.25) is 0 Å². The Hall–Kier alpha value is -2.25. The van der Waals surface area contributed by atoms with Gasteiger partial charge in [-0.05, 0) is 49.4 Å². The van der Waals surface area contributed by atoms with Gasteiger partial charge >= 0.3 is 0 Å². The van der Waals surface area contributed by atoms with Gasteiger partial charge in [-0.25, -0.2) is 0 Å². The van der Waals surface area contributed by atoms with Crippen molar-refractivity contribution in [1.82, 2.24) is 15.1 Å². The molecule has 0 aromatic heterocycles. The summed E-state index contributed by atoms with van der Waals surface area (Å²) in [6, 6.07) is 5.34. The molecular formula is C20H26N4O3. The van der Waals surface area contributed by atoms with E-state index in [-0.39, 0.29) is 29.6 Å². The van der Waals surface area contributed by atoms with Gasteiger partial charge in [0.25, 0.3) is 5.91 Å². The Labute approximate surface area is 158 Å². The third kappa shape index (κ3) is 3.37. The molecule has 2 fully saturated rings. The Kier molecular flexibility index (Phi) is 4.52. The van der Waals surface area contributed by atoms with Gasteiger partial charge in [0.1, 0.15) is 6.04 Å². The molecule has 1 saturated carbocycles. The molecule has 7 heteroatoms. The SMILES string of the molecule is CN(Cc1cccc2c1C(=O)N(C1CCC(=O)NC1=O)C2)CC1(CN)CC1. The molecule has 0 bridgehead atoms. The van der Waals surface area contributed by atoms with Crippen LogP contribution in [0.1, 0.15) is 47.2 Å². The maximum atomic E-state index is 13.1. The smallest absolute Gasteiger partial charge is 0.255 e. The molecule has 2 heterocycles. The Balaban J connectivity index is 1.51. The zero-order chi connectivity index (χ0) is 19.2. The van der Waals surface area contributed by atoms with Crippen LogP contribution in [0.3, 0.4) is 0 Å². The van der Waals surface area contributed by atoms with Gasteiger partial charge in [0.15, 0.2) is 0 Å². The van der Waals surface area contributed by atoms with E-state index in [1.807, 2.05) is 18.2 Å². The van der Waals surface area contributed by atoms with Crippen LogP contribution in [0, 0.1) is 5.41 Å². The summed E-state index contributed by atoms with van der Waals surface area (Å²) in [5, 5.41) is 2.35. The Morgan fingerprint density at radius 1 is 1.30 bits per heavy atom. The molecule has 7 nitrogen and oxygen atoms in total. The van der Waals surface area contributed by atoms with Crippen molar-refractivity contribution in [2.45, 2.75) is 44.8 Å². The first-order valence-corrected chi connectivity index (χ1v) is 9.56. The maximum absolute atomic E-state index is 13.1. The van der Waals surface area contributed by atoms with Crippen molar-refractivity contribution >= 4 is 17.7 Å². The predicted molar refractivity (Wildman–Crippen MR) is 99.5 cm³/mol. The number of piperidine rings is 1. The normalized spacial score (nSPS) is 23.6. The summed E-state index contributed by atoms with van der Waals surface area (Å²) in [7, 11) is 2.06. The van der Waals surface area contributed by atoms with E-state index in [0.29, 0.717) is 31.6 Å². The second-order valence-corrected chi connectivity index (χ2v) is 8.23. The lowest BCUT2D eigenvalue weighted by Crippen LogP contribution is -2.52. The molecule has 1 unspecified atom stereocenters. The number of rotatable bonds is 6. The van der Waals surface area contributed by atoms with Crippen LogP contribution in [-0.4, -0.2) is 53.7 Å². The first-order chi connectivity index (χ1) is 12.9. The van der Waals surface area contributed by atoms with Crippen molar-refractivity contribution in [1.29, 1.82) is 0 Å². The van der Waals surface area contributed by atoms with E-state index >= 15 is 0 Å². The number of nitrogens with two attached hydrogens (primary N) is 1. The number of carbonyl (C=O) groups excluding carboxylic acids is 3. The van der Waals surface area contributed by atoms with Crippen LogP contribution in [0.25, 0.3) is 0 Å². The molecule has 1 aromatic rings. The highest BCUT2D eigenvalue weighted by Gasteiger charge is 2.43. The Morgan fingerprint density at radius 2 is 2.07 bits per heavy atom. The number of hydrogen-bond donors (Lipinski definition) is 2. The quantitative estimate of drug-likeness (QED) is 0.716. The molecule has 1 atom stereocenters. The number of imide groups is 1. The van der Waals surface area contributed by atoms with Gasteiger partial charge in [0, 0.05) is 31.6 Å². The fourth-order valence-electron chi connectivity index (χ4n) is 4.34. The lowest BCUT2D eigenvalue weighted by molar-refractivity contribution is -0.136. The van der Waals surface area contributed by atoms with Crippen molar-refractivity contribution in [3.63, 3.8) is 0 Å². The molecule has 4 rings (SSSR count). The summed E-state index contributed by atoms with van der Waals surface area (Å²) in [6.45, 7) is 2.73. The van der Waals surface area contributed by atoms with E-state index < -0.39 is 6.04 Å². The highest BCUT2D eigenvalue weighted by atomic mass is 16.2. The van der Waals surface area contributed by atoms with Crippen molar-refractivity contribution in [2.75, 3.05) is 20.1 Å². The summed E-state index contributed by atoms with van der Waals surface area (Å²) in [5.74, 6) is -0.746. The lowest BCUT2D eigenvalue weighted by Gasteiger charge is -2.29. The zero-order valence-corrected chi connectivity index (χ0v) is 15.7. The number of hydrogen-bond acceptors (Lipinski definition) is 5. The summed E-state index contributed by atoms with van der Waals surface area (Å²) in [4.78, 5) is 40.5. The molecule has 144 valence electrons. The standard InChI is InChI=1S/C20H26N4O3/c1-23(12-20(11-21)7-8-20)9-13-3-2-4-14-10-24(19(27)17(13)14)15-5-6-16(25)22-18(15)26/h2-4,15H,5-12,21H2,1H3,(H,22,25,26). The molecule has 2 aliphatic heterocycles.